The fourth-order valence-electron chi connectivity index (χ4n) is 3.71. The summed E-state index contributed by atoms with van der Waals surface area (Å²) in [6.45, 7) is 1.18. The summed E-state index contributed by atoms with van der Waals surface area (Å²) in [6.07, 6.45) is 3.02. The van der Waals surface area contributed by atoms with E-state index in [0.29, 0.717) is 47.9 Å². The Morgan fingerprint density at radius 1 is 0.944 bits per heavy atom. The number of hydrogen-bond acceptors (Lipinski definition) is 6. The lowest BCUT2D eigenvalue weighted by Gasteiger charge is -2.13. The summed E-state index contributed by atoms with van der Waals surface area (Å²) < 4.78 is 6.78. The van der Waals surface area contributed by atoms with Gasteiger partial charge in [-0.1, -0.05) is 54.2 Å². The second-order valence-corrected chi connectivity index (χ2v) is 9.14. The Balaban J connectivity index is 1.35. The van der Waals surface area contributed by atoms with Gasteiger partial charge in [0.2, 0.25) is 11.8 Å². The van der Waals surface area contributed by atoms with Crippen LogP contribution in [0.25, 0.3) is 10.9 Å². The molecule has 0 radical (unpaired) electrons. The van der Waals surface area contributed by atoms with Crippen molar-refractivity contribution >= 4 is 34.5 Å². The Hall–Kier alpha value is -3.85. The molecule has 36 heavy (non-hydrogen) atoms. The quantitative estimate of drug-likeness (QED) is 0.226. The molecule has 186 valence electrons. The maximum Gasteiger partial charge on any atom is 0.262 e. The average Bonchev–Trinajstić information content (AvgIpc) is 3.42. The van der Waals surface area contributed by atoms with Crippen LogP contribution in [-0.4, -0.2) is 33.7 Å². The minimum Gasteiger partial charge on any atom is -0.467 e. The van der Waals surface area contributed by atoms with Crippen LogP contribution in [0.2, 0.25) is 0 Å². The van der Waals surface area contributed by atoms with Crippen molar-refractivity contribution in [2.75, 3.05) is 12.3 Å². The largest absolute Gasteiger partial charge is 0.467 e. The zero-order valence-corrected chi connectivity index (χ0v) is 20.6. The third-order valence-corrected chi connectivity index (χ3v) is 6.54. The highest BCUT2D eigenvalue weighted by Crippen LogP contribution is 2.18. The van der Waals surface area contributed by atoms with E-state index in [0.717, 1.165) is 12.0 Å². The van der Waals surface area contributed by atoms with Crippen LogP contribution in [0.4, 0.5) is 0 Å². The van der Waals surface area contributed by atoms with Crippen molar-refractivity contribution in [2.45, 2.75) is 37.5 Å². The van der Waals surface area contributed by atoms with Crippen LogP contribution in [-0.2, 0) is 29.1 Å². The first-order valence-corrected chi connectivity index (χ1v) is 12.8. The fourth-order valence-corrected chi connectivity index (χ4v) is 4.57. The number of nitrogens with zero attached hydrogens (tertiary/aromatic N) is 2. The summed E-state index contributed by atoms with van der Waals surface area (Å²) in [6, 6.07) is 20.7. The number of carbonyl (C=O) groups excluding carboxylic acids is 2. The first-order chi connectivity index (χ1) is 17.6. The van der Waals surface area contributed by atoms with Gasteiger partial charge in [0.15, 0.2) is 5.16 Å². The zero-order valence-electron chi connectivity index (χ0n) is 19.8. The molecule has 0 aliphatic rings. The minimum absolute atomic E-state index is 0.123. The number of para-hydroxylation sites is 1. The molecule has 2 N–H and O–H groups in total. The first-order valence-electron chi connectivity index (χ1n) is 11.8. The molecular formula is C27H28N4O4S. The summed E-state index contributed by atoms with van der Waals surface area (Å²) in [5, 5.41) is 6.70. The predicted octanol–water partition coefficient (Wildman–Crippen LogP) is 3.54. The molecule has 0 bridgehead atoms. The number of nitrogens with one attached hydrogen (secondary N) is 2. The van der Waals surface area contributed by atoms with Crippen LogP contribution >= 0.6 is 11.8 Å². The van der Waals surface area contributed by atoms with Gasteiger partial charge in [-0.15, -0.1) is 0 Å². The molecule has 2 heterocycles. The van der Waals surface area contributed by atoms with E-state index in [9.17, 15) is 14.4 Å². The Morgan fingerprint density at radius 3 is 2.56 bits per heavy atom. The molecule has 0 saturated carbocycles. The van der Waals surface area contributed by atoms with Crippen molar-refractivity contribution in [2.24, 2.45) is 0 Å². The van der Waals surface area contributed by atoms with Crippen LogP contribution in [0, 0.1) is 0 Å². The average molecular weight is 505 g/mol. The van der Waals surface area contributed by atoms with Crippen molar-refractivity contribution in [3.05, 3.63) is 94.7 Å². The van der Waals surface area contributed by atoms with Crippen LogP contribution in [0.5, 0.6) is 0 Å². The van der Waals surface area contributed by atoms with Gasteiger partial charge in [0.05, 0.1) is 29.5 Å². The van der Waals surface area contributed by atoms with Gasteiger partial charge in [-0.2, -0.15) is 0 Å². The lowest BCUT2D eigenvalue weighted by atomic mass is 10.1. The number of fused-ring (bicyclic) bond motifs is 1. The van der Waals surface area contributed by atoms with E-state index in [1.807, 2.05) is 36.4 Å². The third-order valence-electron chi connectivity index (χ3n) is 5.56. The molecule has 0 unspecified atom stereocenters. The fraction of sp³-hybridized carbons (Fsp3) is 0.259. The van der Waals surface area contributed by atoms with Crippen LogP contribution in [0.3, 0.4) is 0 Å². The SMILES string of the molecule is O=C(CCCn1c(SCC(=O)NCCc2ccccc2)nc2ccccc2c1=O)NCc1ccco1. The van der Waals surface area contributed by atoms with Gasteiger partial charge >= 0.3 is 0 Å². The van der Waals surface area contributed by atoms with Gasteiger partial charge in [0.1, 0.15) is 5.76 Å². The molecule has 0 spiro atoms. The summed E-state index contributed by atoms with van der Waals surface area (Å²) >= 11 is 1.22. The van der Waals surface area contributed by atoms with Gasteiger partial charge in [0.25, 0.3) is 5.56 Å². The number of hydrogen-bond donors (Lipinski definition) is 2. The molecule has 0 atom stereocenters. The molecule has 4 rings (SSSR count). The molecule has 0 fully saturated rings. The second kappa shape index (κ2) is 12.7. The van der Waals surface area contributed by atoms with E-state index in [4.69, 9.17) is 4.42 Å². The highest BCUT2D eigenvalue weighted by Gasteiger charge is 2.14. The van der Waals surface area contributed by atoms with E-state index >= 15 is 0 Å². The van der Waals surface area contributed by atoms with Gasteiger partial charge in [0, 0.05) is 19.5 Å². The van der Waals surface area contributed by atoms with Gasteiger partial charge in [-0.25, -0.2) is 4.98 Å². The number of furan rings is 1. The maximum absolute atomic E-state index is 13.2. The number of rotatable bonds is 12. The van der Waals surface area contributed by atoms with Crippen LogP contribution < -0.4 is 16.2 Å². The Bertz CT molecular complexity index is 1350. The predicted molar refractivity (Wildman–Crippen MR) is 140 cm³/mol. The molecule has 2 aromatic heterocycles. The van der Waals surface area contributed by atoms with E-state index in [1.165, 1.54) is 11.8 Å². The molecule has 2 aromatic carbocycles. The molecule has 9 heteroatoms. The Labute approximate surface area is 213 Å². The van der Waals surface area contributed by atoms with E-state index in [1.54, 1.807) is 41.2 Å². The van der Waals surface area contributed by atoms with E-state index in [-0.39, 0.29) is 29.5 Å². The van der Waals surface area contributed by atoms with Gasteiger partial charge in [-0.3, -0.25) is 19.0 Å². The van der Waals surface area contributed by atoms with Crippen molar-refractivity contribution in [1.29, 1.82) is 0 Å². The molecule has 0 saturated heterocycles. The van der Waals surface area contributed by atoms with E-state index in [2.05, 4.69) is 15.6 Å². The minimum atomic E-state index is -0.177. The lowest BCUT2D eigenvalue weighted by Crippen LogP contribution is -2.29. The summed E-state index contributed by atoms with van der Waals surface area (Å²) in [5.74, 6) is 0.574. The number of aromatic nitrogens is 2. The highest BCUT2D eigenvalue weighted by atomic mass is 32.2. The monoisotopic (exact) mass is 504 g/mol. The topological polar surface area (TPSA) is 106 Å². The Kier molecular flexibility index (Phi) is 8.93. The number of amides is 2. The number of carbonyl (C=O) groups is 2. The second-order valence-electron chi connectivity index (χ2n) is 8.20. The molecule has 0 aliphatic carbocycles. The molecule has 0 aliphatic heterocycles. The number of thioether (sulfide) groups is 1. The van der Waals surface area contributed by atoms with Crippen LogP contribution in [0.1, 0.15) is 24.2 Å². The van der Waals surface area contributed by atoms with Crippen molar-refractivity contribution < 1.29 is 14.0 Å². The standard InChI is InChI=1S/C27H28N4O4S/c32-24(29-18-21-10-7-17-35-21)13-6-16-31-26(34)22-11-4-5-12-23(22)30-27(31)36-19-25(33)28-15-14-20-8-2-1-3-9-20/h1-5,7-12,17H,6,13-16,18-19H2,(H,28,33)(H,29,32). The first kappa shape index (κ1) is 25.2. The van der Waals surface area contributed by atoms with Crippen molar-refractivity contribution in [3.63, 3.8) is 0 Å². The normalized spacial score (nSPS) is 10.9. The molecule has 2 amide bonds. The van der Waals surface area contributed by atoms with Gasteiger partial charge < -0.3 is 15.1 Å². The molecule has 8 nitrogen and oxygen atoms in total. The van der Waals surface area contributed by atoms with E-state index < -0.39 is 0 Å². The lowest BCUT2D eigenvalue weighted by molar-refractivity contribution is -0.121. The molecule has 4 aromatic rings. The summed E-state index contributed by atoms with van der Waals surface area (Å²) in [7, 11) is 0. The number of benzene rings is 2. The highest BCUT2D eigenvalue weighted by molar-refractivity contribution is 7.99. The zero-order chi connectivity index (χ0) is 25.2. The summed E-state index contributed by atoms with van der Waals surface area (Å²) in [4.78, 5) is 42.5. The third kappa shape index (κ3) is 7.08. The molecular weight excluding hydrogens is 476 g/mol. The van der Waals surface area contributed by atoms with Gasteiger partial charge in [-0.05, 0) is 42.7 Å². The Morgan fingerprint density at radius 2 is 1.75 bits per heavy atom. The van der Waals surface area contributed by atoms with Crippen LogP contribution in [0.15, 0.2) is 87.4 Å². The van der Waals surface area contributed by atoms with Crippen molar-refractivity contribution in [1.82, 2.24) is 20.2 Å². The summed E-state index contributed by atoms with van der Waals surface area (Å²) in [5.41, 5.74) is 1.56. The van der Waals surface area contributed by atoms with Crippen molar-refractivity contribution in [3.8, 4) is 0 Å². The maximum atomic E-state index is 13.2. The smallest absolute Gasteiger partial charge is 0.262 e.